The van der Waals surface area contributed by atoms with Crippen molar-refractivity contribution in [3.63, 3.8) is 0 Å². The van der Waals surface area contributed by atoms with Crippen LogP contribution < -0.4 is 10.2 Å². The molecule has 33 heavy (non-hydrogen) atoms. The molecule has 0 fully saturated rings. The van der Waals surface area contributed by atoms with E-state index in [0.717, 1.165) is 6.07 Å². The van der Waals surface area contributed by atoms with Gasteiger partial charge in [-0.3, -0.25) is 14.6 Å². The number of hydrogen-bond donors (Lipinski definition) is 1. The van der Waals surface area contributed by atoms with Crippen LogP contribution in [0, 0.1) is 11.6 Å². The topological polar surface area (TPSA) is 61.8 Å². The number of carbonyl (C=O) groups is 2. The zero-order chi connectivity index (χ0) is 23.7. The molecule has 168 valence electrons. The van der Waals surface area contributed by atoms with Crippen LogP contribution in [0.25, 0.3) is 0 Å². The Balaban J connectivity index is 1.73. The highest BCUT2D eigenvalue weighted by atomic mass is 35.5. The van der Waals surface area contributed by atoms with Crippen LogP contribution in [0.3, 0.4) is 0 Å². The highest BCUT2D eigenvalue weighted by molar-refractivity contribution is 6.32. The lowest BCUT2D eigenvalue weighted by Gasteiger charge is -2.24. The minimum absolute atomic E-state index is 0.0701. The number of hydrogen-bond acceptors (Lipinski definition) is 3. The summed E-state index contributed by atoms with van der Waals surface area (Å²) in [5.74, 6) is -2.32. The Hall–Kier alpha value is -3.29. The minimum atomic E-state index is -0.911. The number of aliphatic imine (C=N–C) groups is 1. The predicted molar refractivity (Wildman–Crippen MR) is 125 cm³/mol. The number of fused-ring (bicyclic) bond motifs is 1. The van der Waals surface area contributed by atoms with Crippen LogP contribution in [-0.4, -0.2) is 30.1 Å². The highest BCUT2D eigenvalue weighted by Gasteiger charge is 2.32. The van der Waals surface area contributed by atoms with E-state index in [1.807, 2.05) is 0 Å². The van der Waals surface area contributed by atoms with Crippen molar-refractivity contribution in [2.75, 3.05) is 16.8 Å². The Morgan fingerprint density at radius 2 is 1.70 bits per heavy atom. The maximum atomic E-state index is 14.6. The second-order valence-corrected chi connectivity index (χ2v) is 8.26. The number of rotatable bonds is 4. The van der Waals surface area contributed by atoms with Gasteiger partial charge in [0.25, 0.3) is 5.91 Å². The Morgan fingerprint density at radius 3 is 2.42 bits per heavy atom. The fourth-order valence-corrected chi connectivity index (χ4v) is 3.88. The maximum Gasteiger partial charge on any atom is 0.252 e. The minimum Gasteiger partial charge on any atom is -0.322 e. The first-order valence-corrected chi connectivity index (χ1v) is 10.7. The number of benzene rings is 3. The molecule has 5 nitrogen and oxygen atoms in total. The van der Waals surface area contributed by atoms with Crippen molar-refractivity contribution in [3.05, 3.63) is 93.5 Å². The van der Waals surface area contributed by atoms with E-state index in [4.69, 9.17) is 23.2 Å². The van der Waals surface area contributed by atoms with Gasteiger partial charge in [0.05, 0.1) is 17.1 Å². The van der Waals surface area contributed by atoms with Gasteiger partial charge < -0.3 is 10.2 Å². The van der Waals surface area contributed by atoms with Gasteiger partial charge in [-0.05, 0) is 55.5 Å². The lowest BCUT2D eigenvalue weighted by molar-refractivity contribution is -0.122. The fourth-order valence-electron chi connectivity index (χ4n) is 3.55. The molecule has 2 amide bonds. The number of nitrogens with one attached hydrogen (secondary N) is 1. The van der Waals surface area contributed by atoms with Crippen LogP contribution >= 0.6 is 23.2 Å². The summed E-state index contributed by atoms with van der Waals surface area (Å²) in [7, 11) is 0. The largest absolute Gasteiger partial charge is 0.322 e. The molecule has 1 aliphatic rings. The molecule has 0 spiro atoms. The molecule has 0 bridgehead atoms. The molecule has 0 unspecified atom stereocenters. The van der Waals surface area contributed by atoms with Crippen LogP contribution in [-0.2, 0) is 9.59 Å². The third-order valence-electron chi connectivity index (χ3n) is 5.09. The number of nitrogens with zero attached hydrogens (tertiary/aromatic N) is 2. The molecule has 0 saturated carbocycles. The van der Waals surface area contributed by atoms with E-state index in [1.54, 1.807) is 43.3 Å². The quantitative estimate of drug-likeness (QED) is 0.529. The summed E-state index contributed by atoms with van der Waals surface area (Å²) in [5.41, 5.74) is 1.12. The summed E-state index contributed by atoms with van der Waals surface area (Å²) in [6.45, 7) is 1.14. The average molecular weight is 488 g/mol. The van der Waals surface area contributed by atoms with Gasteiger partial charge in [0.1, 0.15) is 24.2 Å². The van der Waals surface area contributed by atoms with Gasteiger partial charge in [-0.1, -0.05) is 35.3 Å². The monoisotopic (exact) mass is 487 g/mol. The summed E-state index contributed by atoms with van der Waals surface area (Å²) in [5, 5.41) is 2.98. The number of carbonyl (C=O) groups excluding carboxylic acids is 2. The van der Waals surface area contributed by atoms with Crippen molar-refractivity contribution >= 4 is 52.1 Å². The van der Waals surface area contributed by atoms with Gasteiger partial charge in [-0.15, -0.1) is 0 Å². The van der Waals surface area contributed by atoms with E-state index in [1.165, 1.54) is 23.1 Å². The number of amides is 2. The summed E-state index contributed by atoms with van der Waals surface area (Å²) in [4.78, 5) is 31.6. The van der Waals surface area contributed by atoms with E-state index in [0.29, 0.717) is 16.3 Å². The Morgan fingerprint density at radius 1 is 1.00 bits per heavy atom. The van der Waals surface area contributed by atoms with Crippen LogP contribution in [0.2, 0.25) is 10.0 Å². The summed E-state index contributed by atoms with van der Waals surface area (Å²) in [6, 6.07) is 13.7. The summed E-state index contributed by atoms with van der Waals surface area (Å²) < 4.78 is 28.7. The number of benzodiazepines with no additional fused rings is 1. The molecule has 0 aliphatic carbocycles. The maximum absolute atomic E-state index is 14.6. The number of anilines is 2. The standard InChI is InChI=1S/C24H17Cl2F2N3O2/c1-13-24(33)31(12-22(32)30-20-8-6-15(26)11-19(20)28)21-9-7-14(25)10-17(21)23(29-13)16-4-2-3-5-18(16)27/h2-11,13H,12H2,1H3,(H,30,32)/t13-/m0/s1. The van der Waals surface area contributed by atoms with Crippen molar-refractivity contribution in [1.82, 2.24) is 0 Å². The number of halogens is 4. The third kappa shape index (κ3) is 4.74. The second kappa shape index (κ2) is 9.29. The predicted octanol–water partition coefficient (Wildman–Crippen LogP) is 5.48. The highest BCUT2D eigenvalue weighted by Crippen LogP contribution is 2.31. The van der Waals surface area contributed by atoms with Crippen LogP contribution in [0.1, 0.15) is 18.1 Å². The molecule has 9 heteroatoms. The lowest BCUT2D eigenvalue weighted by Crippen LogP contribution is -2.42. The molecule has 0 aromatic heterocycles. The third-order valence-corrected chi connectivity index (χ3v) is 5.56. The van der Waals surface area contributed by atoms with Gasteiger partial charge in [0, 0.05) is 21.2 Å². The SMILES string of the molecule is C[C@@H]1N=C(c2ccccc2F)c2cc(Cl)ccc2N(CC(=O)Nc2ccc(Cl)cc2F)C1=O. The first-order chi connectivity index (χ1) is 15.7. The Labute approximate surface area is 198 Å². The molecular weight excluding hydrogens is 471 g/mol. The molecule has 1 heterocycles. The van der Waals surface area contributed by atoms with Crippen molar-refractivity contribution in [3.8, 4) is 0 Å². The smallest absolute Gasteiger partial charge is 0.252 e. The van der Waals surface area contributed by atoms with Crippen LogP contribution in [0.5, 0.6) is 0 Å². The van der Waals surface area contributed by atoms with Gasteiger partial charge in [-0.2, -0.15) is 0 Å². The normalized spacial score (nSPS) is 15.5. The van der Waals surface area contributed by atoms with Gasteiger partial charge in [-0.25, -0.2) is 8.78 Å². The zero-order valence-electron chi connectivity index (χ0n) is 17.3. The molecule has 3 aromatic carbocycles. The lowest BCUT2D eigenvalue weighted by atomic mass is 9.99. The molecule has 0 saturated heterocycles. The summed E-state index contributed by atoms with van der Waals surface area (Å²) >= 11 is 12.0. The van der Waals surface area contributed by atoms with Crippen molar-refractivity contribution in [2.45, 2.75) is 13.0 Å². The van der Waals surface area contributed by atoms with Gasteiger partial charge in [0.2, 0.25) is 5.91 Å². The van der Waals surface area contributed by atoms with Crippen LogP contribution in [0.4, 0.5) is 20.2 Å². The molecule has 1 atom stereocenters. The van der Waals surface area contributed by atoms with Gasteiger partial charge >= 0.3 is 0 Å². The first kappa shape index (κ1) is 22.9. The van der Waals surface area contributed by atoms with E-state index in [-0.39, 0.29) is 22.0 Å². The van der Waals surface area contributed by atoms with E-state index in [2.05, 4.69) is 10.3 Å². The fraction of sp³-hybridized carbons (Fsp3) is 0.125. The van der Waals surface area contributed by atoms with Crippen molar-refractivity contribution in [1.29, 1.82) is 0 Å². The van der Waals surface area contributed by atoms with E-state index < -0.39 is 36.0 Å². The zero-order valence-corrected chi connectivity index (χ0v) is 18.8. The Kier molecular flexibility index (Phi) is 6.44. The molecular formula is C24H17Cl2F2N3O2. The molecule has 0 radical (unpaired) electrons. The molecule has 1 N–H and O–H groups in total. The summed E-state index contributed by atoms with van der Waals surface area (Å²) in [6.07, 6.45) is 0. The first-order valence-electron chi connectivity index (χ1n) is 9.93. The second-order valence-electron chi connectivity index (χ2n) is 7.39. The molecule has 4 rings (SSSR count). The Bertz CT molecular complexity index is 1300. The van der Waals surface area contributed by atoms with Crippen molar-refractivity contribution < 1.29 is 18.4 Å². The van der Waals surface area contributed by atoms with Gasteiger partial charge in [0.15, 0.2) is 0 Å². The van der Waals surface area contributed by atoms with Crippen molar-refractivity contribution in [2.24, 2.45) is 4.99 Å². The molecule has 1 aliphatic heterocycles. The average Bonchev–Trinajstić information content (AvgIpc) is 2.86. The van der Waals surface area contributed by atoms with Crippen LogP contribution in [0.15, 0.2) is 65.7 Å². The van der Waals surface area contributed by atoms with E-state index in [9.17, 15) is 18.4 Å². The van der Waals surface area contributed by atoms with E-state index >= 15 is 0 Å². The molecule has 3 aromatic rings.